The molecule has 18 heavy (non-hydrogen) atoms. The Balaban J connectivity index is 2.38. The average molecular weight is 249 g/mol. The van der Waals surface area contributed by atoms with Crippen molar-refractivity contribution in [2.24, 2.45) is 0 Å². The number of amides is 1. The monoisotopic (exact) mass is 249 g/mol. The number of carbonyl (C=O) groups excluding carboxylic acids is 2. The summed E-state index contributed by atoms with van der Waals surface area (Å²) >= 11 is 0. The van der Waals surface area contributed by atoms with Crippen molar-refractivity contribution in [1.29, 1.82) is 0 Å². The largest absolute Gasteiger partial charge is 0.466 e. The second-order valence-corrected chi connectivity index (χ2v) is 4.22. The van der Waals surface area contributed by atoms with E-state index < -0.39 is 17.5 Å². The number of nitrogens with zero attached hydrogens (tertiary/aromatic N) is 1. The number of esters is 1. The third-order valence-electron chi connectivity index (χ3n) is 3.07. The fourth-order valence-electron chi connectivity index (χ4n) is 2.21. The molecule has 0 bridgehead atoms. The van der Waals surface area contributed by atoms with E-state index in [4.69, 9.17) is 4.74 Å². The number of para-hydroxylation sites is 1. The second kappa shape index (κ2) is 4.42. The van der Waals surface area contributed by atoms with Gasteiger partial charge in [-0.1, -0.05) is 18.2 Å². The highest BCUT2D eigenvalue weighted by molar-refractivity contribution is 6.08. The van der Waals surface area contributed by atoms with Crippen LogP contribution in [0.1, 0.15) is 18.9 Å². The maximum absolute atomic E-state index is 12.1. The summed E-state index contributed by atoms with van der Waals surface area (Å²) in [6.07, 6.45) is -0.360. The van der Waals surface area contributed by atoms with E-state index in [-0.39, 0.29) is 13.0 Å². The standard InChI is InChI=1S/C13H15NO4/c1-3-18-11(15)8-13(17)9-6-4-5-7-10(9)14(2)12(13)16/h4-7,17H,3,8H2,1-2H3. The Morgan fingerprint density at radius 1 is 1.44 bits per heavy atom. The fraction of sp³-hybridized carbons (Fsp3) is 0.385. The Bertz CT molecular complexity index is 500. The van der Waals surface area contributed by atoms with Crippen LogP contribution in [0.3, 0.4) is 0 Å². The number of rotatable bonds is 3. The smallest absolute Gasteiger partial charge is 0.309 e. The molecular formula is C13H15NO4. The first-order chi connectivity index (χ1) is 8.50. The molecule has 96 valence electrons. The first kappa shape index (κ1) is 12.6. The minimum atomic E-state index is -1.81. The Hall–Kier alpha value is -1.88. The molecule has 0 fully saturated rings. The zero-order chi connectivity index (χ0) is 13.3. The molecule has 1 N–H and O–H groups in total. The number of hydrogen-bond acceptors (Lipinski definition) is 4. The van der Waals surface area contributed by atoms with Crippen LogP contribution in [-0.2, 0) is 19.9 Å². The van der Waals surface area contributed by atoms with Crippen LogP contribution in [0.2, 0.25) is 0 Å². The highest BCUT2D eigenvalue weighted by Gasteiger charge is 2.49. The normalized spacial score (nSPS) is 21.9. The number of likely N-dealkylation sites (N-methyl/N-ethyl adjacent to an activating group) is 1. The molecule has 1 atom stereocenters. The molecule has 1 aliphatic heterocycles. The van der Waals surface area contributed by atoms with E-state index in [2.05, 4.69) is 0 Å². The summed E-state index contributed by atoms with van der Waals surface area (Å²) in [6.45, 7) is 1.90. The summed E-state index contributed by atoms with van der Waals surface area (Å²) in [6, 6.07) is 6.88. The number of ether oxygens (including phenoxy) is 1. The zero-order valence-electron chi connectivity index (χ0n) is 10.3. The van der Waals surface area contributed by atoms with Gasteiger partial charge in [0.05, 0.1) is 18.7 Å². The second-order valence-electron chi connectivity index (χ2n) is 4.22. The number of anilines is 1. The number of carbonyl (C=O) groups is 2. The minimum Gasteiger partial charge on any atom is -0.466 e. The van der Waals surface area contributed by atoms with Gasteiger partial charge in [-0.2, -0.15) is 0 Å². The van der Waals surface area contributed by atoms with Gasteiger partial charge in [0.25, 0.3) is 5.91 Å². The van der Waals surface area contributed by atoms with E-state index in [0.29, 0.717) is 11.3 Å². The third kappa shape index (κ3) is 1.76. The van der Waals surface area contributed by atoms with E-state index in [1.54, 1.807) is 38.2 Å². The summed E-state index contributed by atoms with van der Waals surface area (Å²) < 4.78 is 4.80. The van der Waals surface area contributed by atoms with Gasteiger partial charge in [-0.25, -0.2) is 0 Å². The Kier molecular flexibility index (Phi) is 3.09. The Morgan fingerprint density at radius 3 is 2.78 bits per heavy atom. The van der Waals surface area contributed by atoms with Crippen molar-refractivity contribution < 1.29 is 19.4 Å². The number of hydrogen-bond donors (Lipinski definition) is 1. The molecule has 5 heteroatoms. The summed E-state index contributed by atoms with van der Waals surface area (Å²) in [5.41, 5.74) is -0.739. The lowest BCUT2D eigenvalue weighted by Crippen LogP contribution is -2.40. The van der Waals surface area contributed by atoms with Crippen LogP contribution in [0.5, 0.6) is 0 Å². The van der Waals surface area contributed by atoms with E-state index in [9.17, 15) is 14.7 Å². The molecule has 1 aliphatic rings. The van der Waals surface area contributed by atoms with Crippen molar-refractivity contribution in [3.8, 4) is 0 Å². The summed E-state index contributed by atoms with van der Waals surface area (Å²) in [5, 5.41) is 10.5. The third-order valence-corrected chi connectivity index (χ3v) is 3.07. The molecule has 1 amide bonds. The number of aliphatic hydroxyl groups is 1. The Labute approximate surface area is 105 Å². The number of benzene rings is 1. The van der Waals surface area contributed by atoms with Crippen LogP contribution >= 0.6 is 0 Å². The van der Waals surface area contributed by atoms with E-state index in [0.717, 1.165) is 0 Å². The predicted molar refractivity (Wildman–Crippen MR) is 65.0 cm³/mol. The SMILES string of the molecule is CCOC(=O)CC1(O)C(=O)N(C)c2ccccc21. The van der Waals surface area contributed by atoms with Crippen LogP contribution in [0.15, 0.2) is 24.3 Å². The van der Waals surface area contributed by atoms with E-state index >= 15 is 0 Å². The lowest BCUT2D eigenvalue weighted by Gasteiger charge is -2.20. The van der Waals surface area contributed by atoms with Gasteiger partial charge < -0.3 is 14.7 Å². The molecule has 2 rings (SSSR count). The quantitative estimate of drug-likeness (QED) is 0.805. The van der Waals surface area contributed by atoms with Gasteiger partial charge in [0, 0.05) is 12.6 Å². The topological polar surface area (TPSA) is 66.8 Å². The molecule has 0 saturated heterocycles. The highest BCUT2D eigenvalue weighted by atomic mass is 16.5. The molecule has 5 nitrogen and oxygen atoms in total. The van der Waals surface area contributed by atoms with Crippen molar-refractivity contribution >= 4 is 17.6 Å². The summed E-state index contributed by atoms with van der Waals surface area (Å²) in [7, 11) is 1.57. The van der Waals surface area contributed by atoms with E-state index in [1.165, 1.54) is 4.90 Å². The first-order valence-electron chi connectivity index (χ1n) is 5.76. The molecule has 1 heterocycles. The fourth-order valence-corrected chi connectivity index (χ4v) is 2.21. The molecule has 0 radical (unpaired) electrons. The summed E-state index contributed by atoms with van der Waals surface area (Å²) in [4.78, 5) is 25.0. The number of fused-ring (bicyclic) bond motifs is 1. The molecule has 0 saturated carbocycles. The molecule has 1 aromatic rings. The van der Waals surface area contributed by atoms with Crippen LogP contribution in [0.25, 0.3) is 0 Å². The summed E-state index contributed by atoms with van der Waals surface area (Å²) in [5.74, 6) is -1.09. The van der Waals surface area contributed by atoms with Crippen molar-refractivity contribution in [2.75, 3.05) is 18.6 Å². The van der Waals surface area contributed by atoms with Crippen molar-refractivity contribution in [1.82, 2.24) is 0 Å². The van der Waals surface area contributed by atoms with Gasteiger partial charge >= 0.3 is 5.97 Å². The lowest BCUT2D eigenvalue weighted by molar-refractivity contribution is -0.154. The van der Waals surface area contributed by atoms with Gasteiger partial charge in [0.1, 0.15) is 0 Å². The average Bonchev–Trinajstić information content (AvgIpc) is 2.53. The molecule has 1 aromatic carbocycles. The van der Waals surface area contributed by atoms with Crippen molar-refractivity contribution in [3.63, 3.8) is 0 Å². The Morgan fingerprint density at radius 2 is 2.11 bits per heavy atom. The molecular weight excluding hydrogens is 234 g/mol. The van der Waals surface area contributed by atoms with Gasteiger partial charge in [-0.05, 0) is 13.0 Å². The molecule has 0 spiro atoms. The molecule has 0 aromatic heterocycles. The first-order valence-corrected chi connectivity index (χ1v) is 5.76. The molecule has 0 aliphatic carbocycles. The van der Waals surface area contributed by atoms with Gasteiger partial charge in [-0.15, -0.1) is 0 Å². The van der Waals surface area contributed by atoms with Gasteiger partial charge in [0.2, 0.25) is 0 Å². The van der Waals surface area contributed by atoms with Crippen LogP contribution in [-0.4, -0.2) is 30.6 Å². The highest BCUT2D eigenvalue weighted by Crippen LogP contribution is 2.41. The maximum atomic E-state index is 12.1. The molecule has 1 unspecified atom stereocenters. The van der Waals surface area contributed by atoms with Gasteiger partial charge in [-0.3, -0.25) is 9.59 Å². The zero-order valence-corrected chi connectivity index (χ0v) is 10.3. The van der Waals surface area contributed by atoms with Crippen molar-refractivity contribution in [3.05, 3.63) is 29.8 Å². The van der Waals surface area contributed by atoms with Crippen LogP contribution in [0, 0.1) is 0 Å². The van der Waals surface area contributed by atoms with Crippen LogP contribution in [0.4, 0.5) is 5.69 Å². The maximum Gasteiger partial charge on any atom is 0.309 e. The van der Waals surface area contributed by atoms with Gasteiger partial charge in [0.15, 0.2) is 5.60 Å². The predicted octanol–water partition coefficient (Wildman–Crippen LogP) is 0.804. The minimum absolute atomic E-state index is 0.223. The lowest BCUT2D eigenvalue weighted by atomic mass is 9.92. The van der Waals surface area contributed by atoms with Crippen LogP contribution < -0.4 is 4.90 Å². The van der Waals surface area contributed by atoms with Crippen molar-refractivity contribution in [2.45, 2.75) is 18.9 Å². The van der Waals surface area contributed by atoms with E-state index in [1.807, 2.05) is 0 Å².